The minimum atomic E-state index is -3.84. The quantitative estimate of drug-likeness (QED) is 0.535. The van der Waals surface area contributed by atoms with Gasteiger partial charge in [0, 0.05) is 5.56 Å². The molecule has 0 saturated carbocycles. The highest BCUT2D eigenvalue weighted by Crippen LogP contribution is 2.25. The Kier molecular flexibility index (Phi) is 6.93. The molecule has 28 heavy (non-hydrogen) atoms. The van der Waals surface area contributed by atoms with E-state index in [1.807, 2.05) is 19.1 Å². The predicted molar refractivity (Wildman–Crippen MR) is 104 cm³/mol. The molecule has 0 aliphatic heterocycles. The molecule has 0 aliphatic carbocycles. The van der Waals surface area contributed by atoms with Gasteiger partial charge in [0.15, 0.2) is 6.10 Å². The monoisotopic (exact) mass is 405 g/mol. The van der Waals surface area contributed by atoms with Crippen LogP contribution in [0.4, 0.5) is 0 Å². The van der Waals surface area contributed by atoms with E-state index in [1.54, 1.807) is 12.1 Å². The fourth-order valence-corrected chi connectivity index (χ4v) is 3.46. The summed E-state index contributed by atoms with van der Waals surface area (Å²) in [6.07, 6.45) is -0.166. The molecule has 0 amide bonds. The number of ketones is 1. The molecule has 8 heteroatoms. The van der Waals surface area contributed by atoms with E-state index in [0.717, 1.165) is 18.1 Å². The van der Waals surface area contributed by atoms with E-state index >= 15 is 0 Å². The van der Waals surface area contributed by atoms with Gasteiger partial charge in [-0.25, -0.2) is 17.9 Å². The van der Waals surface area contributed by atoms with E-state index in [2.05, 4.69) is 4.72 Å². The second kappa shape index (κ2) is 8.99. The molecule has 1 atom stereocenters. The molecular formula is C20H23NO6S. The van der Waals surface area contributed by atoms with Crippen molar-refractivity contribution >= 4 is 21.8 Å². The molecule has 0 aliphatic rings. The Morgan fingerprint density at radius 2 is 1.68 bits per heavy atom. The average molecular weight is 405 g/mol. The lowest BCUT2D eigenvalue weighted by Gasteiger charge is -2.14. The standard InChI is InChI=1S/C20H23NO6S/c1-5-14-6-8-15(9-7-14)19(22)13(2)27-20(23)16-10-11-17(26-4)18(12-16)28(24,25)21-3/h6-13,21H,5H2,1-4H3/t13-/m0/s1. The van der Waals surface area contributed by atoms with Crippen LogP contribution in [0.1, 0.15) is 40.1 Å². The molecule has 0 fully saturated rings. The van der Waals surface area contributed by atoms with Crippen molar-refractivity contribution in [3.05, 3.63) is 59.2 Å². The lowest BCUT2D eigenvalue weighted by molar-refractivity contribution is 0.0318. The number of carbonyl (C=O) groups excluding carboxylic acids is 2. The topological polar surface area (TPSA) is 98.8 Å². The molecule has 2 rings (SSSR count). The number of carbonyl (C=O) groups is 2. The van der Waals surface area contributed by atoms with Crippen LogP contribution in [0.5, 0.6) is 5.75 Å². The van der Waals surface area contributed by atoms with E-state index < -0.39 is 22.1 Å². The number of aryl methyl sites for hydroxylation is 1. The van der Waals surface area contributed by atoms with Gasteiger partial charge in [0.1, 0.15) is 10.6 Å². The third-order valence-corrected chi connectivity index (χ3v) is 5.69. The van der Waals surface area contributed by atoms with Gasteiger partial charge in [0.25, 0.3) is 0 Å². The molecule has 0 saturated heterocycles. The fraction of sp³-hybridized carbons (Fsp3) is 0.300. The number of rotatable bonds is 8. The Morgan fingerprint density at radius 1 is 1.07 bits per heavy atom. The Bertz CT molecular complexity index is 967. The number of sulfonamides is 1. The van der Waals surface area contributed by atoms with Crippen molar-refractivity contribution in [3.8, 4) is 5.75 Å². The summed E-state index contributed by atoms with van der Waals surface area (Å²) in [4.78, 5) is 24.7. The van der Waals surface area contributed by atoms with Crippen LogP contribution in [0.15, 0.2) is 47.4 Å². The van der Waals surface area contributed by atoms with E-state index in [9.17, 15) is 18.0 Å². The number of hydrogen-bond acceptors (Lipinski definition) is 6. The Labute approximate surface area is 164 Å². The normalized spacial score (nSPS) is 12.3. The first-order valence-electron chi connectivity index (χ1n) is 8.69. The van der Waals surface area contributed by atoms with Crippen LogP contribution < -0.4 is 9.46 Å². The highest BCUT2D eigenvalue weighted by atomic mass is 32.2. The van der Waals surface area contributed by atoms with Gasteiger partial charge in [-0.2, -0.15) is 0 Å². The third-order valence-electron chi connectivity index (χ3n) is 4.26. The summed E-state index contributed by atoms with van der Waals surface area (Å²) < 4.78 is 36.7. The number of methoxy groups -OCH3 is 1. The van der Waals surface area contributed by atoms with Crippen LogP contribution in [-0.4, -0.2) is 40.4 Å². The SMILES string of the molecule is CCc1ccc(C(=O)[C@H](C)OC(=O)c2ccc(OC)c(S(=O)(=O)NC)c2)cc1. The molecule has 0 bridgehead atoms. The van der Waals surface area contributed by atoms with Crippen LogP contribution in [0, 0.1) is 0 Å². The first kappa shape index (κ1) is 21.6. The second-order valence-electron chi connectivity index (χ2n) is 6.04. The van der Waals surface area contributed by atoms with Crippen LogP contribution in [0.25, 0.3) is 0 Å². The van der Waals surface area contributed by atoms with Crippen LogP contribution in [-0.2, 0) is 21.2 Å². The van der Waals surface area contributed by atoms with E-state index in [1.165, 1.54) is 33.2 Å². The zero-order valence-corrected chi connectivity index (χ0v) is 17.0. The van der Waals surface area contributed by atoms with E-state index in [4.69, 9.17) is 9.47 Å². The van der Waals surface area contributed by atoms with Gasteiger partial charge in [-0.15, -0.1) is 0 Å². The molecule has 0 spiro atoms. The van der Waals surface area contributed by atoms with Gasteiger partial charge in [0.2, 0.25) is 15.8 Å². The average Bonchev–Trinajstić information content (AvgIpc) is 2.72. The Morgan fingerprint density at radius 3 is 2.21 bits per heavy atom. The van der Waals surface area contributed by atoms with E-state index in [-0.39, 0.29) is 22.0 Å². The summed E-state index contributed by atoms with van der Waals surface area (Å²) in [5.41, 5.74) is 1.53. The van der Waals surface area contributed by atoms with Crippen molar-refractivity contribution in [2.75, 3.05) is 14.2 Å². The minimum absolute atomic E-state index is 0.00407. The Hall–Kier alpha value is -2.71. The number of esters is 1. The van der Waals surface area contributed by atoms with Gasteiger partial charge >= 0.3 is 5.97 Å². The summed E-state index contributed by atoms with van der Waals surface area (Å²) >= 11 is 0. The van der Waals surface area contributed by atoms with Crippen molar-refractivity contribution in [3.63, 3.8) is 0 Å². The first-order chi connectivity index (χ1) is 13.2. The lowest BCUT2D eigenvalue weighted by Crippen LogP contribution is -2.25. The number of Topliss-reactive ketones (excluding diaryl/α,β-unsaturated/α-hetero) is 1. The molecule has 0 aromatic heterocycles. The highest BCUT2D eigenvalue weighted by Gasteiger charge is 2.24. The summed E-state index contributed by atoms with van der Waals surface area (Å²) in [6, 6.07) is 11.0. The number of nitrogens with one attached hydrogen (secondary N) is 1. The smallest absolute Gasteiger partial charge is 0.338 e. The lowest BCUT2D eigenvalue weighted by atomic mass is 10.0. The molecule has 0 radical (unpaired) electrons. The summed E-state index contributed by atoms with van der Waals surface area (Å²) in [5, 5.41) is 0. The number of benzene rings is 2. The van der Waals surface area contributed by atoms with Crippen molar-refractivity contribution in [1.29, 1.82) is 0 Å². The molecular weight excluding hydrogens is 382 g/mol. The van der Waals surface area contributed by atoms with Crippen molar-refractivity contribution in [2.24, 2.45) is 0 Å². The maximum Gasteiger partial charge on any atom is 0.338 e. The van der Waals surface area contributed by atoms with Crippen LogP contribution in [0.2, 0.25) is 0 Å². The summed E-state index contributed by atoms with van der Waals surface area (Å²) in [5.74, 6) is -1.06. The zero-order valence-electron chi connectivity index (χ0n) is 16.2. The minimum Gasteiger partial charge on any atom is -0.495 e. The number of hydrogen-bond donors (Lipinski definition) is 1. The van der Waals surface area contributed by atoms with Gasteiger partial charge in [0.05, 0.1) is 12.7 Å². The van der Waals surface area contributed by atoms with Gasteiger partial charge in [-0.1, -0.05) is 31.2 Å². The maximum atomic E-state index is 12.5. The largest absolute Gasteiger partial charge is 0.495 e. The van der Waals surface area contributed by atoms with E-state index in [0.29, 0.717) is 5.56 Å². The summed E-state index contributed by atoms with van der Waals surface area (Å²) in [7, 11) is -1.26. The maximum absolute atomic E-state index is 12.5. The second-order valence-corrected chi connectivity index (χ2v) is 7.89. The molecule has 0 unspecified atom stereocenters. The Balaban J connectivity index is 2.21. The van der Waals surface area contributed by atoms with Gasteiger partial charge in [-0.05, 0) is 44.2 Å². The molecule has 1 N–H and O–H groups in total. The predicted octanol–water partition coefficient (Wildman–Crippen LogP) is 2.59. The molecule has 0 heterocycles. The summed E-state index contributed by atoms with van der Waals surface area (Å²) in [6.45, 7) is 3.49. The zero-order chi connectivity index (χ0) is 20.9. The molecule has 150 valence electrons. The number of ether oxygens (including phenoxy) is 2. The third kappa shape index (κ3) is 4.76. The van der Waals surface area contributed by atoms with Crippen molar-refractivity contribution in [1.82, 2.24) is 4.72 Å². The molecule has 7 nitrogen and oxygen atoms in total. The molecule has 2 aromatic carbocycles. The molecule has 2 aromatic rings. The van der Waals surface area contributed by atoms with Crippen LogP contribution in [0.3, 0.4) is 0 Å². The van der Waals surface area contributed by atoms with Crippen LogP contribution >= 0.6 is 0 Å². The van der Waals surface area contributed by atoms with Gasteiger partial charge < -0.3 is 9.47 Å². The highest BCUT2D eigenvalue weighted by molar-refractivity contribution is 7.89. The van der Waals surface area contributed by atoms with Gasteiger partial charge in [-0.3, -0.25) is 4.79 Å². The van der Waals surface area contributed by atoms with Crippen molar-refractivity contribution < 1.29 is 27.5 Å². The fourth-order valence-electron chi connectivity index (χ4n) is 2.55. The van der Waals surface area contributed by atoms with Crippen molar-refractivity contribution in [2.45, 2.75) is 31.3 Å². The first-order valence-corrected chi connectivity index (χ1v) is 10.2.